The van der Waals surface area contributed by atoms with Crippen LogP contribution < -0.4 is 15.4 Å². The number of ether oxygens (including phenoxy) is 2. The molecule has 2 rings (SSSR count). The molecule has 0 unspecified atom stereocenters. The Balaban J connectivity index is 1.89. The molecule has 0 radical (unpaired) electrons. The Morgan fingerprint density at radius 1 is 0.906 bits per heavy atom. The molecule has 0 aliphatic heterocycles. The predicted octanol–water partition coefficient (Wildman–Crippen LogP) is 4.41. The Morgan fingerprint density at radius 2 is 1.62 bits per heavy atom. The van der Waals surface area contributed by atoms with E-state index in [2.05, 4.69) is 24.5 Å². The van der Waals surface area contributed by atoms with Gasteiger partial charge in [-0.1, -0.05) is 26.0 Å². The number of rotatable bonds is 14. The number of benzene rings is 2. The van der Waals surface area contributed by atoms with Crippen molar-refractivity contribution in [1.82, 2.24) is 4.90 Å². The van der Waals surface area contributed by atoms with Crippen molar-refractivity contribution in [1.29, 1.82) is 0 Å². The SMILES string of the molecule is CCCN(CCC)C(=O)c1cccc(NCC(=O)Nc2cccc(OCCOCC)c2)c1. The Morgan fingerprint density at radius 3 is 2.34 bits per heavy atom. The molecule has 32 heavy (non-hydrogen) atoms. The summed E-state index contributed by atoms with van der Waals surface area (Å²) in [5.41, 5.74) is 2.01. The molecule has 7 heteroatoms. The molecule has 0 saturated carbocycles. The van der Waals surface area contributed by atoms with E-state index in [1.54, 1.807) is 12.1 Å². The van der Waals surface area contributed by atoms with Gasteiger partial charge in [-0.05, 0) is 50.1 Å². The number of amides is 2. The van der Waals surface area contributed by atoms with Crippen LogP contribution in [-0.2, 0) is 9.53 Å². The van der Waals surface area contributed by atoms with Crippen molar-refractivity contribution in [3.05, 3.63) is 54.1 Å². The van der Waals surface area contributed by atoms with Gasteiger partial charge in [0.2, 0.25) is 5.91 Å². The van der Waals surface area contributed by atoms with E-state index >= 15 is 0 Å². The second-order valence-electron chi connectivity index (χ2n) is 7.35. The molecule has 0 atom stereocenters. The Labute approximate surface area is 191 Å². The predicted molar refractivity (Wildman–Crippen MR) is 128 cm³/mol. The zero-order chi connectivity index (χ0) is 23.2. The maximum absolute atomic E-state index is 12.8. The molecule has 174 valence electrons. The van der Waals surface area contributed by atoms with E-state index in [1.807, 2.05) is 48.2 Å². The Hall–Kier alpha value is -3.06. The Kier molecular flexibility index (Phi) is 11.1. The molecular formula is C25H35N3O4. The molecule has 0 fully saturated rings. The van der Waals surface area contributed by atoms with Crippen LogP contribution in [0.2, 0.25) is 0 Å². The highest BCUT2D eigenvalue weighted by atomic mass is 16.5. The summed E-state index contributed by atoms with van der Waals surface area (Å²) in [6.45, 7) is 9.25. The Bertz CT molecular complexity index is 851. The van der Waals surface area contributed by atoms with Crippen LogP contribution in [0.5, 0.6) is 5.75 Å². The third-order valence-corrected chi connectivity index (χ3v) is 4.66. The topological polar surface area (TPSA) is 79.9 Å². The standard InChI is InChI=1S/C25H35N3O4/c1-4-13-28(14-5-2)25(30)20-9-7-10-21(17-20)26-19-24(29)27-22-11-8-12-23(18-22)32-16-15-31-6-3/h7-12,17-18,26H,4-6,13-16,19H2,1-3H3,(H,27,29). The first-order valence-corrected chi connectivity index (χ1v) is 11.3. The van der Waals surface area contributed by atoms with E-state index in [1.165, 1.54) is 0 Å². The molecule has 2 aromatic carbocycles. The summed E-state index contributed by atoms with van der Waals surface area (Å²) in [5.74, 6) is 0.500. The number of anilines is 2. The lowest BCUT2D eigenvalue weighted by molar-refractivity contribution is -0.114. The normalized spacial score (nSPS) is 10.5. The first kappa shape index (κ1) is 25.2. The maximum atomic E-state index is 12.8. The molecule has 0 aliphatic rings. The van der Waals surface area contributed by atoms with Crippen molar-refractivity contribution in [3.8, 4) is 5.75 Å². The lowest BCUT2D eigenvalue weighted by atomic mass is 10.1. The molecular weight excluding hydrogens is 406 g/mol. The van der Waals surface area contributed by atoms with Crippen molar-refractivity contribution in [3.63, 3.8) is 0 Å². The first-order chi connectivity index (χ1) is 15.6. The van der Waals surface area contributed by atoms with Crippen LogP contribution in [0, 0.1) is 0 Å². The van der Waals surface area contributed by atoms with Gasteiger partial charge in [-0.25, -0.2) is 0 Å². The smallest absolute Gasteiger partial charge is 0.253 e. The summed E-state index contributed by atoms with van der Waals surface area (Å²) in [7, 11) is 0. The van der Waals surface area contributed by atoms with Crippen molar-refractivity contribution in [2.45, 2.75) is 33.6 Å². The van der Waals surface area contributed by atoms with E-state index in [4.69, 9.17) is 9.47 Å². The highest BCUT2D eigenvalue weighted by Crippen LogP contribution is 2.18. The summed E-state index contributed by atoms with van der Waals surface area (Å²) in [4.78, 5) is 27.1. The number of hydrogen-bond acceptors (Lipinski definition) is 5. The van der Waals surface area contributed by atoms with Gasteiger partial charge in [0, 0.05) is 42.7 Å². The quantitative estimate of drug-likeness (QED) is 0.425. The van der Waals surface area contributed by atoms with E-state index in [0.29, 0.717) is 36.8 Å². The van der Waals surface area contributed by atoms with Crippen molar-refractivity contribution in [2.24, 2.45) is 0 Å². The van der Waals surface area contributed by atoms with Gasteiger partial charge in [-0.3, -0.25) is 9.59 Å². The molecule has 0 saturated heterocycles. The van der Waals surface area contributed by atoms with Crippen LogP contribution in [0.25, 0.3) is 0 Å². The van der Waals surface area contributed by atoms with Crippen LogP contribution in [0.4, 0.5) is 11.4 Å². The second kappa shape index (κ2) is 14.1. The lowest BCUT2D eigenvalue weighted by Gasteiger charge is -2.21. The van der Waals surface area contributed by atoms with Gasteiger partial charge in [0.15, 0.2) is 0 Å². The number of hydrogen-bond donors (Lipinski definition) is 2. The van der Waals surface area contributed by atoms with Gasteiger partial charge in [0.25, 0.3) is 5.91 Å². The summed E-state index contributed by atoms with van der Waals surface area (Å²) >= 11 is 0. The number of nitrogens with one attached hydrogen (secondary N) is 2. The number of carbonyl (C=O) groups is 2. The van der Waals surface area contributed by atoms with Gasteiger partial charge in [-0.2, -0.15) is 0 Å². The molecule has 0 aliphatic carbocycles. The highest BCUT2D eigenvalue weighted by molar-refractivity contribution is 5.96. The van der Waals surface area contributed by atoms with Crippen LogP contribution in [0.3, 0.4) is 0 Å². The van der Waals surface area contributed by atoms with Gasteiger partial charge >= 0.3 is 0 Å². The lowest BCUT2D eigenvalue weighted by Crippen LogP contribution is -2.32. The zero-order valence-electron chi connectivity index (χ0n) is 19.4. The molecule has 0 heterocycles. The minimum atomic E-state index is -0.188. The minimum Gasteiger partial charge on any atom is -0.491 e. The molecule has 7 nitrogen and oxygen atoms in total. The monoisotopic (exact) mass is 441 g/mol. The van der Waals surface area contributed by atoms with Gasteiger partial charge in [-0.15, -0.1) is 0 Å². The molecule has 2 amide bonds. The number of carbonyl (C=O) groups excluding carboxylic acids is 2. The molecule has 0 aromatic heterocycles. The number of nitrogens with zero attached hydrogens (tertiary/aromatic N) is 1. The molecule has 2 aromatic rings. The summed E-state index contributed by atoms with van der Waals surface area (Å²) in [6, 6.07) is 14.5. The summed E-state index contributed by atoms with van der Waals surface area (Å²) in [6.07, 6.45) is 1.84. The fourth-order valence-corrected chi connectivity index (χ4v) is 3.21. The third kappa shape index (κ3) is 8.59. The van der Waals surface area contributed by atoms with E-state index in [-0.39, 0.29) is 18.4 Å². The van der Waals surface area contributed by atoms with E-state index < -0.39 is 0 Å². The van der Waals surface area contributed by atoms with Gasteiger partial charge in [0.05, 0.1) is 13.2 Å². The van der Waals surface area contributed by atoms with Crippen LogP contribution in [0.15, 0.2) is 48.5 Å². The van der Waals surface area contributed by atoms with E-state index in [0.717, 1.165) is 31.6 Å². The molecule has 2 N–H and O–H groups in total. The molecule has 0 bridgehead atoms. The fourth-order valence-electron chi connectivity index (χ4n) is 3.21. The second-order valence-corrected chi connectivity index (χ2v) is 7.35. The average Bonchev–Trinajstić information content (AvgIpc) is 2.80. The largest absolute Gasteiger partial charge is 0.491 e. The fraction of sp³-hybridized carbons (Fsp3) is 0.440. The summed E-state index contributed by atoms with van der Waals surface area (Å²) in [5, 5.41) is 5.95. The third-order valence-electron chi connectivity index (χ3n) is 4.66. The minimum absolute atomic E-state index is 0.0166. The van der Waals surface area contributed by atoms with Crippen molar-refractivity contribution in [2.75, 3.05) is 50.1 Å². The maximum Gasteiger partial charge on any atom is 0.253 e. The van der Waals surface area contributed by atoms with Gasteiger partial charge < -0.3 is 25.0 Å². The van der Waals surface area contributed by atoms with Crippen molar-refractivity contribution >= 4 is 23.2 Å². The van der Waals surface area contributed by atoms with Crippen LogP contribution in [0.1, 0.15) is 44.0 Å². The van der Waals surface area contributed by atoms with Crippen molar-refractivity contribution < 1.29 is 19.1 Å². The van der Waals surface area contributed by atoms with E-state index in [9.17, 15) is 9.59 Å². The first-order valence-electron chi connectivity index (χ1n) is 11.3. The highest BCUT2D eigenvalue weighted by Gasteiger charge is 2.14. The zero-order valence-corrected chi connectivity index (χ0v) is 19.4. The molecule has 0 spiro atoms. The van der Waals surface area contributed by atoms with Crippen LogP contribution >= 0.6 is 0 Å². The summed E-state index contributed by atoms with van der Waals surface area (Å²) < 4.78 is 10.9. The van der Waals surface area contributed by atoms with Gasteiger partial charge in [0.1, 0.15) is 12.4 Å². The average molecular weight is 442 g/mol. The van der Waals surface area contributed by atoms with Crippen LogP contribution in [-0.4, -0.2) is 56.2 Å².